The molecule has 0 radical (unpaired) electrons. The minimum Gasteiger partial charge on any atom is -0.386 e. The third kappa shape index (κ3) is 5.22. The van der Waals surface area contributed by atoms with Crippen molar-refractivity contribution in [3.05, 3.63) is 35.4 Å². The summed E-state index contributed by atoms with van der Waals surface area (Å²) in [4.78, 5) is 4.03. The molecule has 3 N–H and O–H groups in total. The number of halogens is 1. The van der Waals surface area contributed by atoms with Crippen LogP contribution in [0.3, 0.4) is 0 Å². The van der Waals surface area contributed by atoms with Crippen LogP contribution in [0.2, 0.25) is 0 Å². The van der Waals surface area contributed by atoms with Gasteiger partial charge in [-0.25, -0.2) is 0 Å². The number of nitrogens with zero attached hydrogens (tertiary/aromatic N) is 1. The molecule has 0 spiro atoms. The van der Waals surface area contributed by atoms with E-state index in [0.717, 1.165) is 17.1 Å². The molecule has 4 nitrogen and oxygen atoms in total. The fourth-order valence-electron chi connectivity index (χ4n) is 1.50. The lowest BCUT2D eigenvalue weighted by molar-refractivity contribution is 0.0786. The van der Waals surface area contributed by atoms with Crippen molar-refractivity contribution >= 4 is 29.9 Å². The molecule has 0 amide bonds. The quantitative estimate of drug-likeness (QED) is 0.436. The van der Waals surface area contributed by atoms with Gasteiger partial charge in [0.1, 0.15) is 0 Å². The van der Waals surface area contributed by atoms with Crippen molar-refractivity contribution in [1.82, 2.24) is 10.6 Å². The Kier molecular flexibility index (Phi) is 7.23. The normalized spacial score (nSPS) is 11.7. The largest absolute Gasteiger partial charge is 0.386 e. The number of benzene rings is 1. The van der Waals surface area contributed by atoms with Gasteiger partial charge in [0, 0.05) is 20.6 Å². The summed E-state index contributed by atoms with van der Waals surface area (Å²) in [6.07, 6.45) is 0. The highest BCUT2D eigenvalue weighted by Gasteiger charge is 2.14. The fourth-order valence-corrected chi connectivity index (χ4v) is 1.50. The highest BCUT2D eigenvalue weighted by Crippen LogP contribution is 2.19. The first-order valence-electron chi connectivity index (χ1n) is 5.67. The lowest BCUT2D eigenvalue weighted by Crippen LogP contribution is -2.34. The third-order valence-electron chi connectivity index (χ3n) is 2.58. The van der Waals surface area contributed by atoms with Crippen LogP contribution in [0, 0.1) is 0 Å². The van der Waals surface area contributed by atoms with Crippen LogP contribution in [0.25, 0.3) is 0 Å². The Balaban J connectivity index is 0.00000289. The molecule has 0 aliphatic heterocycles. The Morgan fingerprint density at radius 3 is 2.22 bits per heavy atom. The third-order valence-corrected chi connectivity index (χ3v) is 2.58. The Bertz CT molecular complexity index is 382. The lowest BCUT2D eigenvalue weighted by atomic mass is 9.97. The molecule has 0 saturated carbocycles. The monoisotopic (exact) mass is 363 g/mol. The number of guanidine groups is 1. The lowest BCUT2D eigenvalue weighted by Gasteiger charge is -2.18. The van der Waals surface area contributed by atoms with E-state index in [4.69, 9.17) is 0 Å². The maximum Gasteiger partial charge on any atom is 0.190 e. The number of hydrogen-bond acceptors (Lipinski definition) is 2. The summed E-state index contributed by atoms with van der Waals surface area (Å²) in [5.41, 5.74) is 1.28. The molecular weight excluding hydrogens is 341 g/mol. The predicted octanol–water partition coefficient (Wildman–Crippen LogP) is 1.83. The van der Waals surface area contributed by atoms with Gasteiger partial charge in [0.05, 0.1) is 5.60 Å². The average Bonchev–Trinajstić information content (AvgIpc) is 2.30. The molecular formula is C13H22IN3O. The smallest absolute Gasteiger partial charge is 0.190 e. The Morgan fingerprint density at radius 2 is 1.83 bits per heavy atom. The van der Waals surface area contributed by atoms with Crippen LogP contribution in [0.15, 0.2) is 29.3 Å². The highest BCUT2D eigenvalue weighted by atomic mass is 127. The first-order chi connectivity index (χ1) is 7.97. The van der Waals surface area contributed by atoms with Crippen LogP contribution in [0.5, 0.6) is 0 Å². The van der Waals surface area contributed by atoms with Gasteiger partial charge in [-0.1, -0.05) is 24.3 Å². The number of aliphatic imine (C=N–C) groups is 1. The van der Waals surface area contributed by atoms with Gasteiger partial charge in [-0.3, -0.25) is 4.99 Å². The SMILES string of the molecule is CN=C(NC)NCc1ccc(C(C)(C)O)cc1.I. The molecule has 1 aromatic rings. The molecule has 0 aliphatic rings. The first-order valence-corrected chi connectivity index (χ1v) is 5.67. The molecule has 0 atom stereocenters. The molecule has 1 aromatic carbocycles. The summed E-state index contributed by atoms with van der Waals surface area (Å²) in [7, 11) is 3.56. The van der Waals surface area contributed by atoms with Crippen molar-refractivity contribution in [2.45, 2.75) is 26.0 Å². The van der Waals surface area contributed by atoms with Crippen LogP contribution in [-0.4, -0.2) is 25.2 Å². The molecule has 0 aromatic heterocycles. The molecule has 18 heavy (non-hydrogen) atoms. The van der Waals surface area contributed by atoms with E-state index in [9.17, 15) is 5.11 Å². The Morgan fingerprint density at radius 1 is 1.28 bits per heavy atom. The van der Waals surface area contributed by atoms with Crippen molar-refractivity contribution in [3.63, 3.8) is 0 Å². The standard InChI is InChI=1S/C13H21N3O.HI/c1-13(2,17)11-7-5-10(6-8-11)9-16-12(14-3)15-4;/h5-8,17H,9H2,1-4H3,(H2,14,15,16);1H. The minimum atomic E-state index is -0.785. The van der Waals surface area contributed by atoms with Crippen LogP contribution in [0.1, 0.15) is 25.0 Å². The second kappa shape index (κ2) is 7.58. The summed E-state index contributed by atoms with van der Waals surface area (Å²) in [6.45, 7) is 4.27. The topological polar surface area (TPSA) is 56.7 Å². The zero-order valence-electron chi connectivity index (χ0n) is 11.3. The minimum absolute atomic E-state index is 0. The number of nitrogens with one attached hydrogen (secondary N) is 2. The van der Waals surface area contributed by atoms with Crippen LogP contribution in [-0.2, 0) is 12.1 Å². The van der Waals surface area contributed by atoms with E-state index in [1.807, 2.05) is 31.3 Å². The zero-order valence-corrected chi connectivity index (χ0v) is 13.6. The summed E-state index contributed by atoms with van der Waals surface area (Å²) < 4.78 is 0. The van der Waals surface area contributed by atoms with Gasteiger partial charge in [-0.05, 0) is 25.0 Å². The van der Waals surface area contributed by atoms with Crippen molar-refractivity contribution < 1.29 is 5.11 Å². The van der Waals surface area contributed by atoms with Gasteiger partial charge in [0.2, 0.25) is 0 Å². The van der Waals surface area contributed by atoms with E-state index in [1.54, 1.807) is 20.9 Å². The van der Waals surface area contributed by atoms with Crippen molar-refractivity contribution in [2.75, 3.05) is 14.1 Å². The number of rotatable bonds is 3. The van der Waals surface area contributed by atoms with Crippen LogP contribution >= 0.6 is 24.0 Å². The zero-order chi connectivity index (χ0) is 12.9. The van der Waals surface area contributed by atoms with Crippen LogP contribution < -0.4 is 10.6 Å². The molecule has 0 saturated heterocycles. The Hall–Kier alpha value is -0.820. The summed E-state index contributed by atoms with van der Waals surface area (Å²) in [5.74, 6) is 0.761. The second-order valence-electron chi connectivity index (χ2n) is 4.43. The molecule has 5 heteroatoms. The molecule has 0 fully saturated rings. The second-order valence-corrected chi connectivity index (χ2v) is 4.43. The van der Waals surface area contributed by atoms with Gasteiger partial charge < -0.3 is 15.7 Å². The number of aliphatic hydroxyl groups is 1. The molecule has 1 rings (SSSR count). The fraction of sp³-hybridized carbons (Fsp3) is 0.462. The summed E-state index contributed by atoms with van der Waals surface area (Å²) in [5, 5.41) is 16.0. The molecule has 102 valence electrons. The summed E-state index contributed by atoms with van der Waals surface area (Å²) in [6, 6.07) is 7.89. The van der Waals surface area contributed by atoms with Crippen molar-refractivity contribution in [3.8, 4) is 0 Å². The van der Waals surface area contributed by atoms with E-state index in [1.165, 1.54) is 0 Å². The van der Waals surface area contributed by atoms with E-state index >= 15 is 0 Å². The molecule has 0 aliphatic carbocycles. The van der Waals surface area contributed by atoms with Gasteiger partial charge in [0.15, 0.2) is 5.96 Å². The average molecular weight is 363 g/mol. The van der Waals surface area contributed by atoms with Gasteiger partial charge >= 0.3 is 0 Å². The van der Waals surface area contributed by atoms with E-state index in [2.05, 4.69) is 15.6 Å². The van der Waals surface area contributed by atoms with Crippen molar-refractivity contribution in [2.24, 2.45) is 4.99 Å². The maximum atomic E-state index is 9.83. The summed E-state index contributed by atoms with van der Waals surface area (Å²) >= 11 is 0. The Labute approximate surface area is 126 Å². The molecule has 0 unspecified atom stereocenters. The van der Waals surface area contributed by atoms with Gasteiger partial charge in [-0.2, -0.15) is 0 Å². The van der Waals surface area contributed by atoms with E-state index in [-0.39, 0.29) is 24.0 Å². The van der Waals surface area contributed by atoms with E-state index in [0.29, 0.717) is 6.54 Å². The maximum absolute atomic E-state index is 9.83. The predicted molar refractivity (Wildman–Crippen MR) is 86.4 cm³/mol. The first kappa shape index (κ1) is 17.2. The molecule has 0 bridgehead atoms. The highest BCUT2D eigenvalue weighted by molar-refractivity contribution is 14.0. The van der Waals surface area contributed by atoms with Gasteiger partial charge in [0.25, 0.3) is 0 Å². The van der Waals surface area contributed by atoms with Crippen molar-refractivity contribution in [1.29, 1.82) is 0 Å². The van der Waals surface area contributed by atoms with E-state index < -0.39 is 5.60 Å². The molecule has 0 heterocycles. The van der Waals surface area contributed by atoms with Gasteiger partial charge in [-0.15, -0.1) is 24.0 Å². The number of hydrogen-bond donors (Lipinski definition) is 3. The van der Waals surface area contributed by atoms with Crippen LogP contribution in [0.4, 0.5) is 0 Å².